The van der Waals surface area contributed by atoms with Crippen LogP contribution in [0.25, 0.3) is 23.0 Å². The van der Waals surface area contributed by atoms with E-state index in [1.807, 2.05) is 0 Å². The van der Waals surface area contributed by atoms with Crippen LogP contribution in [-0.2, 0) is 0 Å². The first kappa shape index (κ1) is 10.7. The van der Waals surface area contributed by atoms with E-state index in [0.29, 0.717) is 22.5 Å². The summed E-state index contributed by atoms with van der Waals surface area (Å²) in [7, 11) is 0. The maximum absolute atomic E-state index is 9.20. The van der Waals surface area contributed by atoms with Crippen LogP contribution < -0.4 is 5.73 Å². The van der Waals surface area contributed by atoms with Crippen LogP contribution in [0, 0.1) is 0 Å². The number of nitrogens with two attached hydrogens (primary N) is 1. The number of hydrogen-bond donors (Lipinski definition) is 2. The van der Waals surface area contributed by atoms with Crippen LogP contribution in [0.1, 0.15) is 0 Å². The van der Waals surface area contributed by atoms with Crippen molar-refractivity contribution in [3.05, 3.63) is 29.6 Å². The van der Waals surface area contributed by atoms with Crippen molar-refractivity contribution in [3.8, 4) is 28.7 Å². The van der Waals surface area contributed by atoms with Gasteiger partial charge in [-0.25, -0.2) is 4.98 Å². The molecule has 2 heterocycles. The Bertz CT molecular complexity index is 674. The van der Waals surface area contributed by atoms with Gasteiger partial charge in [-0.05, 0) is 24.3 Å². The van der Waals surface area contributed by atoms with Gasteiger partial charge < -0.3 is 15.4 Å². The SMILES string of the molecule is Nc1nc(-c2nc(-c3ccc(O)cc3)no2)cs1. The van der Waals surface area contributed by atoms with Gasteiger partial charge in [0.2, 0.25) is 5.82 Å². The second-order valence-electron chi connectivity index (χ2n) is 3.54. The summed E-state index contributed by atoms with van der Waals surface area (Å²) in [6.07, 6.45) is 0. The second kappa shape index (κ2) is 4.11. The molecule has 1 aromatic carbocycles. The molecule has 0 fully saturated rings. The van der Waals surface area contributed by atoms with Gasteiger partial charge in [-0.1, -0.05) is 5.16 Å². The predicted octanol–water partition coefficient (Wildman–Crippen LogP) is 2.15. The molecule has 2 aromatic heterocycles. The molecule has 3 aromatic rings. The van der Waals surface area contributed by atoms with E-state index in [1.54, 1.807) is 29.6 Å². The minimum atomic E-state index is 0.190. The molecule has 0 amide bonds. The lowest BCUT2D eigenvalue weighted by Crippen LogP contribution is -1.83. The number of thiazole rings is 1. The summed E-state index contributed by atoms with van der Waals surface area (Å²) in [5.74, 6) is 0.956. The Labute approximate surface area is 106 Å². The van der Waals surface area contributed by atoms with Crippen molar-refractivity contribution in [2.24, 2.45) is 0 Å². The molecule has 3 N–H and O–H groups in total. The van der Waals surface area contributed by atoms with E-state index in [9.17, 15) is 5.11 Å². The van der Waals surface area contributed by atoms with Gasteiger partial charge >= 0.3 is 0 Å². The van der Waals surface area contributed by atoms with Crippen molar-refractivity contribution < 1.29 is 9.63 Å². The summed E-state index contributed by atoms with van der Waals surface area (Å²) in [5, 5.41) is 15.3. The molecule has 6 nitrogen and oxygen atoms in total. The highest BCUT2D eigenvalue weighted by Crippen LogP contribution is 2.25. The number of aromatic hydroxyl groups is 1. The fourth-order valence-electron chi connectivity index (χ4n) is 1.44. The van der Waals surface area contributed by atoms with Gasteiger partial charge in [-0.3, -0.25) is 0 Å². The fraction of sp³-hybridized carbons (Fsp3) is 0. The summed E-state index contributed by atoms with van der Waals surface area (Å²) >= 11 is 1.31. The Morgan fingerprint density at radius 3 is 2.61 bits per heavy atom. The van der Waals surface area contributed by atoms with E-state index in [-0.39, 0.29) is 5.75 Å². The molecule has 0 aliphatic carbocycles. The van der Waals surface area contributed by atoms with Crippen molar-refractivity contribution in [2.45, 2.75) is 0 Å². The topological polar surface area (TPSA) is 98.1 Å². The molecule has 0 spiro atoms. The third kappa shape index (κ3) is 1.91. The zero-order valence-corrected chi connectivity index (χ0v) is 9.89. The third-order valence-electron chi connectivity index (χ3n) is 2.29. The van der Waals surface area contributed by atoms with Crippen molar-refractivity contribution >= 4 is 16.5 Å². The summed E-state index contributed by atoms with van der Waals surface area (Å²) in [6.45, 7) is 0. The van der Waals surface area contributed by atoms with Crippen molar-refractivity contribution in [1.82, 2.24) is 15.1 Å². The molecule has 0 aliphatic heterocycles. The number of anilines is 1. The Kier molecular flexibility index (Phi) is 2.45. The summed E-state index contributed by atoms with van der Waals surface area (Å²) in [6, 6.07) is 6.54. The molecule has 0 radical (unpaired) electrons. The highest BCUT2D eigenvalue weighted by molar-refractivity contribution is 7.13. The van der Waals surface area contributed by atoms with E-state index in [4.69, 9.17) is 10.3 Å². The van der Waals surface area contributed by atoms with Crippen LogP contribution in [0.4, 0.5) is 5.13 Å². The molecule has 0 saturated carbocycles. The average molecular weight is 260 g/mol. The summed E-state index contributed by atoms with van der Waals surface area (Å²) in [5.41, 5.74) is 6.86. The predicted molar refractivity (Wildman–Crippen MR) is 66.9 cm³/mol. The molecule has 0 aliphatic rings. The van der Waals surface area contributed by atoms with E-state index in [1.165, 1.54) is 11.3 Å². The largest absolute Gasteiger partial charge is 0.508 e. The maximum atomic E-state index is 9.20. The highest BCUT2D eigenvalue weighted by atomic mass is 32.1. The Balaban J connectivity index is 1.96. The highest BCUT2D eigenvalue weighted by Gasteiger charge is 2.12. The number of hydrogen-bond acceptors (Lipinski definition) is 7. The van der Waals surface area contributed by atoms with Gasteiger partial charge in [0.15, 0.2) is 5.13 Å². The minimum Gasteiger partial charge on any atom is -0.508 e. The zero-order valence-electron chi connectivity index (χ0n) is 9.07. The number of benzene rings is 1. The smallest absolute Gasteiger partial charge is 0.277 e. The normalized spacial score (nSPS) is 10.7. The Morgan fingerprint density at radius 2 is 1.94 bits per heavy atom. The molecule has 0 atom stereocenters. The van der Waals surface area contributed by atoms with Crippen LogP contribution in [-0.4, -0.2) is 20.2 Å². The number of nitrogen functional groups attached to an aromatic ring is 1. The summed E-state index contributed by atoms with van der Waals surface area (Å²) < 4.78 is 5.11. The zero-order chi connectivity index (χ0) is 12.5. The lowest BCUT2D eigenvalue weighted by molar-refractivity contribution is 0.431. The molecule has 0 bridgehead atoms. The van der Waals surface area contributed by atoms with E-state index in [0.717, 1.165) is 5.56 Å². The van der Waals surface area contributed by atoms with Crippen molar-refractivity contribution in [2.75, 3.05) is 5.73 Å². The van der Waals surface area contributed by atoms with Gasteiger partial charge in [0.25, 0.3) is 5.89 Å². The van der Waals surface area contributed by atoms with Gasteiger partial charge in [0, 0.05) is 10.9 Å². The molecular formula is C11H8N4O2S. The van der Waals surface area contributed by atoms with Gasteiger partial charge in [-0.15, -0.1) is 11.3 Å². The molecule has 18 heavy (non-hydrogen) atoms. The van der Waals surface area contributed by atoms with Crippen LogP contribution in [0.15, 0.2) is 34.2 Å². The quantitative estimate of drug-likeness (QED) is 0.732. The molecule has 0 saturated heterocycles. The molecule has 7 heteroatoms. The van der Waals surface area contributed by atoms with E-state index in [2.05, 4.69) is 15.1 Å². The Morgan fingerprint density at radius 1 is 1.17 bits per heavy atom. The van der Waals surface area contributed by atoms with Gasteiger partial charge in [-0.2, -0.15) is 4.98 Å². The van der Waals surface area contributed by atoms with Crippen LogP contribution in [0.2, 0.25) is 0 Å². The Hall–Kier alpha value is -2.41. The number of phenolic OH excluding ortho intramolecular Hbond substituents is 1. The number of aromatic nitrogens is 3. The number of rotatable bonds is 2. The van der Waals surface area contributed by atoms with Gasteiger partial charge in [0.05, 0.1) is 0 Å². The van der Waals surface area contributed by atoms with Crippen molar-refractivity contribution in [1.29, 1.82) is 0 Å². The summed E-state index contributed by atoms with van der Waals surface area (Å²) in [4.78, 5) is 8.29. The van der Waals surface area contributed by atoms with Gasteiger partial charge in [0.1, 0.15) is 11.4 Å². The molecule has 90 valence electrons. The van der Waals surface area contributed by atoms with Crippen LogP contribution >= 0.6 is 11.3 Å². The van der Waals surface area contributed by atoms with Crippen LogP contribution in [0.5, 0.6) is 5.75 Å². The molecular weight excluding hydrogens is 252 g/mol. The first-order valence-electron chi connectivity index (χ1n) is 5.07. The first-order chi connectivity index (χ1) is 8.72. The second-order valence-corrected chi connectivity index (χ2v) is 4.43. The fourth-order valence-corrected chi connectivity index (χ4v) is 1.98. The number of nitrogens with zero attached hydrogens (tertiary/aromatic N) is 3. The van der Waals surface area contributed by atoms with E-state index < -0.39 is 0 Å². The maximum Gasteiger partial charge on any atom is 0.277 e. The lowest BCUT2D eigenvalue weighted by atomic mass is 10.2. The standard InChI is InChI=1S/C11H8N4O2S/c12-11-13-8(5-18-11)10-14-9(15-17-10)6-1-3-7(16)4-2-6/h1-5,16H,(H2,12,13). The third-order valence-corrected chi connectivity index (χ3v) is 2.97. The van der Waals surface area contributed by atoms with E-state index >= 15 is 0 Å². The van der Waals surface area contributed by atoms with Crippen LogP contribution in [0.3, 0.4) is 0 Å². The first-order valence-corrected chi connectivity index (χ1v) is 5.95. The lowest BCUT2D eigenvalue weighted by Gasteiger charge is -1.93. The monoisotopic (exact) mass is 260 g/mol. The van der Waals surface area contributed by atoms with Crippen molar-refractivity contribution in [3.63, 3.8) is 0 Å². The minimum absolute atomic E-state index is 0.190. The molecule has 3 rings (SSSR count). The number of phenols is 1. The average Bonchev–Trinajstić information content (AvgIpc) is 2.98. The molecule has 0 unspecified atom stereocenters.